The lowest BCUT2D eigenvalue weighted by Gasteiger charge is -2.15. The lowest BCUT2D eigenvalue weighted by molar-refractivity contribution is -0.130. The van der Waals surface area contributed by atoms with Crippen molar-refractivity contribution in [3.63, 3.8) is 0 Å². The fraction of sp³-hybridized carbons (Fsp3) is 0. The van der Waals surface area contributed by atoms with Crippen LogP contribution in [0.4, 0.5) is 0 Å². The Balaban J connectivity index is 1.58. The van der Waals surface area contributed by atoms with E-state index in [9.17, 15) is 19.5 Å². The van der Waals surface area contributed by atoms with Crippen LogP contribution >= 0.6 is 0 Å². The van der Waals surface area contributed by atoms with Gasteiger partial charge in [-0.1, -0.05) is 42.5 Å². The Bertz CT molecular complexity index is 1290. The first-order valence-electron chi connectivity index (χ1n) is 8.72. The number of ketones is 1. The minimum absolute atomic E-state index is 0.00285. The predicted octanol–water partition coefficient (Wildman–Crippen LogP) is 3.80. The van der Waals surface area contributed by atoms with Gasteiger partial charge in [0.2, 0.25) is 5.78 Å². The minimum atomic E-state index is -0.727. The lowest BCUT2D eigenvalue weighted by Crippen LogP contribution is -2.24. The third-order valence-corrected chi connectivity index (χ3v) is 4.37. The van der Waals surface area contributed by atoms with E-state index in [0.717, 1.165) is 0 Å². The molecule has 1 aliphatic heterocycles. The number of carbonyl (C=O) groups is 2. The van der Waals surface area contributed by atoms with Crippen LogP contribution in [0.25, 0.3) is 17.0 Å². The summed E-state index contributed by atoms with van der Waals surface area (Å²) in [5.74, 6) is -1.09. The summed E-state index contributed by atoms with van der Waals surface area (Å²) in [6.45, 7) is 0. The third-order valence-electron chi connectivity index (χ3n) is 4.37. The zero-order valence-electron chi connectivity index (χ0n) is 15.0. The predicted molar refractivity (Wildman–Crippen MR) is 107 cm³/mol. The van der Waals surface area contributed by atoms with Gasteiger partial charge in [-0.2, -0.15) is 0 Å². The van der Waals surface area contributed by atoms with Gasteiger partial charge in [-0.15, -0.1) is 0 Å². The van der Waals surface area contributed by atoms with E-state index in [0.29, 0.717) is 16.5 Å². The SMILES string of the molecule is O=C1Oc2ccccc2C(=O)/C1=C/C=C/C=C\c1c(O)c2ccccc2oc1=O. The fourth-order valence-corrected chi connectivity index (χ4v) is 2.94. The van der Waals surface area contributed by atoms with Crippen LogP contribution in [0.1, 0.15) is 15.9 Å². The van der Waals surface area contributed by atoms with Crippen molar-refractivity contribution in [3.05, 3.63) is 100.0 Å². The van der Waals surface area contributed by atoms with Crippen LogP contribution in [-0.2, 0) is 4.79 Å². The summed E-state index contributed by atoms with van der Waals surface area (Å²) >= 11 is 0. The Morgan fingerprint density at radius 2 is 1.62 bits per heavy atom. The maximum atomic E-state index is 12.4. The number of carbonyl (C=O) groups excluding carboxylic acids is 2. The second-order valence-corrected chi connectivity index (χ2v) is 6.19. The average molecular weight is 386 g/mol. The molecular weight excluding hydrogens is 372 g/mol. The van der Waals surface area contributed by atoms with Gasteiger partial charge in [-0.25, -0.2) is 9.59 Å². The van der Waals surface area contributed by atoms with E-state index in [2.05, 4.69) is 0 Å². The van der Waals surface area contributed by atoms with Gasteiger partial charge in [0.05, 0.1) is 10.9 Å². The van der Waals surface area contributed by atoms with Crippen LogP contribution < -0.4 is 10.4 Å². The Kier molecular flexibility index (Phi) is 4.66. The van der Waals surface area contributed by atoms with Crippen molar-refractivity contribution in [3.8, 4) is 11.5 Å². The Morgan fingerprint density at radius 1 is 0.862 bits per heavy atom. The molecular formula is C23H14O6. The largest absolute Gasteiger partial charge is 0.506 e. The quantitative estimate of drug-likeness (QED) is 0.184. The van der Waals surface area contributed by atoms with Crippen LogP contribution in [0.2, 0.25) is 0 Å². The normalized spacial score (nSPS) is 15.4. The van der Waals surface area contributed by atoms with Crippen molar-refractivity contribution in [1.29, 1.82) is 0 Å². The van der Waals surface area contributed by atoms with Crippen molar-refractivity contribution in [1.82, 2.24) is 0 Å². The van der Waals surface area contributed by atoms with Crippen LogP contribution in [-0.4, -0.2) is 16.9 Å². The molecule has 0 fully saturated rings. The first-order chi connectivity index (χ1) is 14.1. The molecule has 1 aliphatic rings. The first kappa shape index (κ1) is 18.2. The molecule has 2 heterocycles. The van der Waals surface area contributed by atoms with Crippen LogP contribution in [0.3, 0.4) is 0 Å². The molecule has 0 saturated heterocycles. The van der Waals surface area contributed by atoms with Gasteiger partial charge in [0.25, 0.3) is 0 Å². The monoisotopic (exact) mass is 386 g/mol. The highest BCUT2D eigenvalue weighted by molar-refractivity contribution is 6.27. The molecule has 0 amide bonds. The number of hydrogen-bond acceptors (Lipinski definition) is 6. The lowest BCUT2D eigenvalue weighted by atomic mass is 9.99. The van der Waals surface area contributed by atoms with Gasteiger partial charge < -0.3 is 14.3 Å². The molecule has 0 aliphatic carbocycles. The van der Waals surface area contributed by atoms with Gasteiger partial charge in [0, 0.05) is 0 Å². The number of esters is 1. The van der Waals surface area contributed by atoms with Gasteiger partial charge in [-0.05, 0) is 36.4 Å². The molecule has 0 bridgehead atoms. The number of hydrogen-bond donors (Lipinski definition) is 1. The van der Waals surface area contributed by atoms with Gasteiger partial charge >= 0.3 is 11.6 Å². The summed E-state index contributed by atoms with van der Waals surface area (Å²) in [6, 6.07) is 13.2. The zero-order chi connectivity index (χ0) is 20.4. The molecule has 29 heavy (non-hydrogen) atoms. The minimum Gasteiger partial charge on any atom is -0.506 e. The van der Waals surface area contributed by atoms with Crippen molar-refractivity contribution < 1.29 is 23.8 Å². The van der Waals surface area contributed by atoms with Gasteiger partial charge in [0.1, 0.15) is 28.2 Å². The van der Waals surface area contributed by atoms with Gasteiger partial charge in [-0.3, -0.25) is 4.79 Å². The topological polar surface area (TPSA) is 93.8 Å². The molecule has 142 valence electrons. The first-order valence-corrected chi connectivity index (χ1v) is 8.72. The number of allylic oxidation sites excluding steroid dienone is 4. The molecule has 2 aromatic carbocycles. The molecule has 0 unspecified atom stereocenters. The summed E-state index contributed by atoms with van der Waals surface area (Å²) in [5, 5.41) is 10.7. The summed E-state index contributed by atoms with van der Waals surface area (Å²) in [7, 11) is 0. The van der Waals surface area contributed by atoms with E-state index in [1.54, 1.807) is 48.5 Å². The van der Waals surface area contributed by atoms with Crippen molar-refractivity contribution in [2.75, 3.05) is 0 Å². The molecule has 3 aromatic rings. The second-order valence-electron chi connectivity index (χ2n) is 6.19. The Labute approximate surface area is 164 Å². The number of benzene rings is 2. The maximum Gasteiger partial charge on any atom is 0.347 e. The molecule has 0 spiro atoms. The van der Waals surface area contributed by atoms with Crippen molar-refractivity contribution in [2.24, 2.45) is 0 Å². The Morgan fingerprint density at radius 3 is 2.48 bits per heavy atom. The molecule has 4 rings (SSSR count). The highest BCUT2D eigenvalue weighted by atomic mass is 16.5. The number of ether oxygens (including phenoxy) is 1. The van der Waals surface area contributed by atoms with E-state index in [4.69, 9.17) is 9.15 Å². The summed E-state index contributed by atoms with van der Waals surface area (Å²) < 4.78 is 10.3. The molecule has 6 heteroatoms. The summed E-state index contributed by atoms with van der Waals surface area (Å²) in [6.07, 6.45) is 7.21. The molecule has 0 radical (unpaired) electrons. The average Bonchev–Trinajstić information content (AvgIpc) is 2.72. The number of rotatable bonds is 3. The van der Waals surface area contributed by atoms with E-state index in [-0.39, 0.29) is 22.6 Å². The standard InChI is InChI=1S/C23H14O6/c24-20-14-8-4-6-12-18(14)28-22(26)16(20)10-2-1-3-11-17-21(25)15-9-5-7-13-19(15)29-23(17)27/h1-13,24H/b3-1+,10-2-,17-11-. The summed E-state index contributed by atoms with van der Waals surface area (Å²) in [5.41, 5.74) is -0.153. The molecule has 6 nitrogen and oxygen atoms in total. The van der Waals surface area contributed by atoms with E-state index >= 15 is 0 Å². The molecule has 1 N–H and O–H groups in total. The number of fused-ring (bicyclic) bond motifs is 2. The van der Waals surface area contributed by atoms with E-state index in [1.165, 1.54) is 30.4 Å². The third kappa shape index (κ3) is 3.39. The molecule has 1 aromatic heterocycles. The van der Waals surface area contributed by atoms with E-state index < -0.39 is 17.4 Å². The van der Waals surface area contributed by atoms with Crippen LogP contribution in [0, 0.1) is 0 Å². The van der Waals surface area contributed by atoms with Gasteiger partial charge in [0.15, 0.2) is 0 Å². The highest BCUT2D eigenvalue weighted by Crippen LogP contribution is 2.28. The maximum absolute atomic E-state index is 12.4. The molecule has 0 saturated carbocycles. The van der Waals surface area contributed by atoms with E-state index in [1.807, 2.05) is 0 Å². The van der Waals surface area contributed by atoms with Crippen LogP contribution in [0.15, 0.2) is 87.6 Å². The number of aromatic hydroxyl groups is 1. The fourth-order valence-electron chi connectivity index (χ4n) is 2.94. The van der Waals surface area contributed by atoms with Crippen molar-refractivity contribution in [2.45, 2.75) is 0 Å². The number of Topliss-reactive ketones (excluding diaryl/α,β-unsaturated/α-hetero) is 1. The molecule has 0 atom stereocenters. The second kappa shape index (κ2) is 7.44. The highest BCUT2D eigenvalue weighted by Gasteiger charge is 2.29. The smallest absolute Gasteiger partial charge is 0.347 e. The van der Waals surface area contributed by atoms with Crippen LogP contribution in [0.5, 0.6) is 11.5 Å². The number of para-hydroxylation sites is 2. The Hall–Kier alpha value is -4.19. The van der Waals surface area contributed by atoms with Crippen molar-refractivity contribution >= 4 is 28.8 Å². The summed E-state index contributed by atoms with van der Waals surface area (Å²) in [4.78, 5) is 36.5. The zero-order valence-corrected chi connectivity index (χ0v) is 15.0.